The molecule has 2 rings (SSSR count). The first-order valence-corrected chi connectivity index (χ1v) is 7.63. The van der Waals surface area contributed by atoms with Gasteiger partial charge in [-0.25, -0.2) is 15.0 Å². The number of aryl methyl sites for hydroxylation is 1. The molecule has 2 N–H and O–H groups in total. The van der Waals surface area contributed by atoms with E-state index in [1.165, 1.54) is 11.8 Å². The summed E-state index contributed by atoms with van der Waals surface area (Å²) in [5.41, 5.74) is 6.84. The average Bonchev–Trinajstić information content (AvgIpc) is 2.41. The molecule has 0 bridgehead atoms. The third-order valence-corrected chi connectivity index (χ3v) is 4.15. The molecule has 0 aliphatic rings. The molecule has 5 nitrogen and oxygen atoms in total. The lowest BCUT2D eigenvalue weighted by Crippen LogP contribution is -2.01. The molecule has 2 aromatic heterocycles. The van der Waals surface area contributed by atoms with Crippen LogP contribution < -0.4 is 10.5 Å². The Morgan fingerprint density at radius 2 is 2.00 bits per heavy atom. The maximum atomic E-state index is 6.17. The fraction of sp³-hybridized carbons (Fsp3) is 0.357. The van der Waals surface area contributed by atoms with E-state index in [0.29, 0.717) is 22.5 Å². The zero-order valence-electron chi connectivity index (χ0n) is 12.3. The number of aromatic nitrogens is 3. The van der Waals surface area contributed by atoms with Gasteiger partial charge in [0.1, 0.15) is 16.7 Å². The van der Waals surface area contributed by atoms with Crippen LogP contribution in [0.5, 0.6) is 5.88 Å². The molecule has 0 fully saturated rings. The summed E-state index contributed by atoms with van der Waals surface area (Å²) >= 11 is 7.63. The summed E-state index contributed by atoms with van der Waals surface area (Å²) in [4.78, 5) is 14.5. The third kappa shape index (κ3) is 3.57. The summed E-state index contributed by atoms with van der Waals surface area (Å²) in [5, 5.41) is 0.469. The number of nitrogens with two attached hydrogens (primary N) is 1. The van der Waals surface area contributed by atoms with Gasteiger partial charge in [0.05, 0.1) is 17.7 Å². The number of methoxy groups -OCH3 is 1. The number of halogens is 1. The molecule has 21 heavy (non-hydrogen) atoms. The van der Waals surface area contributed by atoms with E-state index in [-0.39, 0.29) is 5.92 Å². The quantitative estimate of drug-likeness (QED) is 0.924. The number of pyridine rings is 1. The maximum Gasteiger partial charge on any atom is 0.232 e. The van der Waals surface area contributed by atoms with E-state index in [4.69, 9.17) is 22.1 Å². The Kier molecular flexibility index (Phi) is 4.90. The van der Waals surface area contributed by atoms with Gasteiger partial charge in [-0.1, -0.05) is 37.2 Å². The largest absolute Gasteiger partial charge is 0.480 e. The molecule has 0 atom stereocenters. The van der Waals surface area contributed by atoms with E-state index in [0.717, 1.165) is 15.5 Å². The van der Waals surface area contributed by atoms with E-state index in [9.17, 15) is 0 Å². The number of ether oxygens (including phenoxy) is 1. The molecule has 0 unspecified atom stereocenters. The van der Waals surface area contributed by atoms with Crippen molar-refractivity contribution in [2.75, 3.05) is 12.8 Å². The Hall–Kier alpha value is -1.53. The number of anilines is 1. The summed E-state index contributed by atoms with van der Waals surface area (Å²) in [5.74, 6) is 1.75. The van der Waals surface area contributed by atoms with Gasteiger partial charge >= 0.3 is 0 Å². The first-order valence-electron chi connectivity index (χ1n) is 6.43. The van der Waals surface area contributed by atoms with Crippen molar-refractivity contribution in [1.82, 2.24) is 15.0 Å². The second-order valence-corrected chi connectivity index (χ2v) is 6.28. The van der Waals surface area contributed by atoms with Crippen molar-refractivity contribution in [1.29, 1.82) is 0 Å². The molecule has 0 radical (unpaired) electrons. The molecule has 0 saturated carbocycles. The van der Waals surface area contributed by atoms with Crippen molar-refractivity contribution in [3.05, 3.63) is 28.8 Å². The zero-order valence-corrected chi connectivity index (χ0v) is 13.9. The normalized spacial score (nSPS) is 11.0. The smallest absolute Gasteiger partial charge is 0.232 e. The molecule has 0 amide bonds. The van der Waals surface area contributed by atoms with Crippen LogP contribution in [0.25, 0.3) is 0 Å². The Morgan fingerprint density at radius 1 is 1.29 bits per heavy atom. The number of hydrogen-bond acceptors (Lipinski definition) is 6. The van der Waals surface area contributed by atoms with Crippen LogP contribution in [-0.2, 0) is 0 Å². The molecular weight excluding hydrogens is 308 g/mol. The second-order valence-electron chi connectivity index (χ2n) is 4.79. The van der Waals surface area contributed by atoms with Crippen LogP contribution in [0.1, 0.15) is 31.3 Å². The van der Waals surface area contributed by atoms with Crippen LogP contribution in [0.4, 0.5) is 5.82 Å². The van der Waals surface area contributed by atoms with E-state index in [1.54, 1.807) is 20.2 Å². The molecule has 2 aromatic rings. The zero-order chi connectivity index (χ0) is 15.6. The van der Waals surface area contributed by atoms with Crippen LogP contribution in [-0.4, -0.2) is 22.1 Å². The first kappa shape index (κ1) is 15.9. The number of rotatable bonds is 4. The highest BCUT2D eigenvalue weighted by Gasteiger charge is 2.16. The first-order chi connectivity index (χ1) is 9.92. The highest BCUT2D eigenvalue weighted by molar-refractivity contribution is 7.99. The molecule has 2 heterocycles. The van der Waals surface area contributed by atoms with Crippen LogP contribution >= 0.6 is 23.4 Å². The van der Waals surface area contributed by atoms with E-state index >= 15 is 0 Å². The van der Waals surface area contributed by atoms with Gasteiger partial charge in [0.25, 0.3) is 0 Å². The fourth-order valence-corrected chi connectivity index (χ4v) is 3.13. The predicted molar refractivity (Wildman–Crippen MR) is 85.2 cm³/mol. The topological polar surface area (TPSA) is 73.9 Å². The van der Waals surface area contributed by atoms with E-state index in [2.05, 4.69) is 28.8 Å². The van der Waals surface area contributed by atoms with Gasteiger partial charge in [0.15, 0.2) is 0 Å². The standard InChI is InChI=1S/C14H17ClN4OS/c1-7(2)12-10(5-9(15)14(19-12)20-4)21-11-6-17-8(3)18-13(11)16/h5-7H,1-4H3,(H2,16,17,18). The molecule has 0 aromatic carbocycles. The van der Waals surface area contributed by atoms with Crippen LogP contribution in [0.15, 0.2) is 22.1 Å². The Morgan fingerprint density at radius 3 is 2.57 bits per heavy atom. The molecule has 0 aliphatic heterocycles. The maximum absolute atomic E-state index is 6.17. The Labute approximate surface area is 133 Å². The molecule has 7 heteroatoms. The Balaban J connectivity index is 2.45. The lowest BCUT2D eigenvalue weighted by molar-refractivity contribution is 0.395. The minimum atomic E-state index is 0.228. The van der Waals surface area contributed by atoms with Gasteiger partial charge in [-0.05, 0) is 18.9 Å². The highest BCUT2D eigenvalue weighted by atomic mass is 35.5. The molecule has 0 aliphatic carbocycles. The summed E-state index contributed by atoms with van der Waals surface area (Å²) in [6.07, 6.45) is 1.71. The van der Waals surface area contributed by atoms with Gasteiger partial charge in [-0.15, -0.1) is 0 Å². The summed E-state index contributed by atoms with van der Waals surface area (Å²) in [7, 11) is 1.55. The van der Waals surface area contributed by atoms with Crippen molar-refractivity contribution >= 4 is 29.2 Å². The minimum Gasteiger partial charge on any atom is -0.480 e. The second kappa shape index (κ2) is 6.49. The summed E-state index contributed by atoms with van der Waals surface area (Å²) in [6, 6.07) is 1.84. The minimum absolute atomic E-state index is 0.228. The van der Waals surface area contributed by atoms with Crippen LogP contribution in [0.2, 0.25) is 5.02 Å². The third-order valence-electron chi connectivity index (χ3n) is 2.80. The van der Waals surface area contributed by atoms with Crippen LogP contribution in [0, 0.1) is 6.92 Å². The highest BCUT2D eigenvalue weighted by Crippen LogP contribution is 2.38. The molecule has 112 valence electrons. The van der Waals surface area contributed by atoms with Gasteiger partial charge in [0, 0.05) is 11.1 Å². The van der Waals surface area contributed by atoms with Gasteiger partial charge in [0.2, 0.25) is 5.88 Å². The van der Waals surface area contributed by atoms with Crippen molar-refractivity contribution in [3.63, 3.8) is 0 Å². The number of nitrogens with zero attached hydrogens (tertiary/aromatic N) is 3. The number of nitrogen functional groups attached to an aromatic ring is 1. The SMILES string of the molecule is COc1nc(C(C)C)c(Sc2cnc(C)nc2N)cc1Cl. The van der Waals surface area contributed by atoms with Crippen molar-refractivity contribution < 1.29 is 4.74 Å². The van der Waals surface area contributed by atoms with Crippen LogP contribution in [0.3, 0.4) is 0 Å². The van der Waals surface area contributed by atoms with Crippen molar-refractivity contribution in [2.45, 2.75) is 36.5 Å². The van der Waals surface area contributed by atoms with Gasteiger partial charge in [-0.3, -0.25) is 0 Å². The molecule has 0 spiro atoms. The molecule has 0 saturated heterocycles. The summed E-state index contributed by atoms with van der Waals surface area (Å²) in [6.45, 7) is 5.93. The van der Waals surface area contributed by atoms with E-state index < -0.39 is 0 Å². The monoisotopic (exact) mass is 324 g/mol. The van der Waals surface area contributed by atoms with Crippen molar-refractivity contribution in [3.8, 4) is 5.88 Å². The van der Waals surface area contributed by atoms with E-state index in [1.807, 2.05) is 6.07 Å². The summed E-state index contributed by atoms with van der Waals surface area (Å²) < 4.78 is 5.18. The van der Waals surface area contributed by atoms with Crippen molar-refractivity contribution in [2.24, 2.45) is 0 Å². The average molecular weight is 325 g/mol. The Bertz CT molecular complexity index is 664. The van der Waals surface area contributed by atoms with Gasteiger partial charge in [-0.2, -0.15) is 0 Å². The molecular formula is C14H17ClN4OS. The predicted octanol–water partition coefficient (Wildman–Crippen LogP) is 3.70. The van der Waals surface area contributed by atoms with Gasteiger partial charge < -0.3 is 10.5 Å². The lowest BCUT2D eigenvalue weighted by atomic mass is 10.1. The lowest BCUT2D eigenvalue weighted by Gasteiger charge is -2.14. The fourth-order valence-electron chi connectivity index (χ4n) is 1.78. The number of hydrogen-bond donors (Lipinski definition) is 1.